The van der Waals surface area contributed by atoms with E-state index in [0.717, 1.165) is 25.0 Å². The van der Waals surface area contributed by atoms with Crippen LogP contribution in [-0.2, 0) is 0 Å². The van der Waals surface area contributed by atoms with E-state index in [1.165, 1.54) is 0 Å². The van der Waals surface area contributed by atoms with E-state index in [-0.39, 0.29) is 16.8 Å². The van der Waals surface area contributed by atoms with Crippen LogP contribution < -0.4 is 0 Å². The SMILES string of the molecule is C/C(F)=C1\CCN(C(C)(C)C)C(C(C)(C)C)C1. The molecule has 0 aliphatic carbocycles. The molecule has 1 heterocycles. The number of piperidine rings is 1. The molecule has 1 nitrogen and oxygen atoms in total. The molecule has 0 bridgehead atoms. The average molecular weight is 241 g/mol. The minimum atomic E-state index is 0.0350. The van der Waals surface area contributed by atoms with Crippen molar-refractivity contribution in [3.63, 3.8) is 0 Å². The number of hydrogen-bond acceptors (Lipinski definition) is 1. The van der Waals surface area contributed by atoms with Crippen LogP contribution in [0.2, 0.25) is 0 Å². The number of hydrogen-bond donors (Lipinski definition) is 0. The molecule has 1 saturated heterocycles. The highest BCUT2D eigenvalue weighted by molar-refractivity contribution is 5.14. The molecule has 0 saturated carbocycles. The summed E-state index contributed by atoms with van der Waals surface area (Å²) in [7, 11) is 0. The van der Waals surface area contributed by atoms with Crippen molar-refractivity contribution in [1.29, 1.82) is 0 Å². The molecule has 0 aromatic carbocycles. The molecule has 2 heteroatoms. The number of likely N-dealkylation sites (tertiary alicyclic amines) is 1. The van der Waals surface area contributed by atoms with E-state index in [1.807, 2.05) is 0 Å². The molecule has 0 N–H and O–H groups in total. The van der Waals surface area contributed by atoms with E-state index in [4.69, 9.17) is 0 Å². The molecule has 1 aliphatic rings. The van der Waals surface area contributed by atoms with Gasteiger partial charge < -0.3 is 0 Å². The molecule has 0 spiro atoms. The highest BCUT2D eigenvalue weighted by atomic mass is 19.1. The summed E-state index contributed by atoms with van der Waals surface area (Å²) < 4.78 is 13.4. The average Bonchev–Trinajstić information content (AvgIpc) is 2.14. The van der Waals surface area contributed by atoms with Crippen molar-refractivity contribution in [3.05, 3.63) is 11.4 Å². The van der Waals surface area contributed by atoms with Gasteiger partial charge in [0.25, 0.3) is 0 Å². The van der Waals surface area contributed by atoms with Gasteiger partial charge in [-0.1, -0.05) is 20.8 Å². The Labute approximate surface area is 106 Å². The minimum Gasteiger partial charge on any atom is -0.294 e. The van der Waals surface area contributed by atoms with E-state index < -0.39 is 0 Å². The first-order valence-electron chi connectivity index (χ1n) is 6.64. The number of allylic oxidation sites excluding steroid dienone is 1. The fourth-order valence-electron chi connectivity index (χ4n) is 2.75. The maximum Gasteiger partial charge on any atom is 0.0961 e. The maximum atomic E-state index is 13.4. The van der Waals surface area contributed by atoms with E-state index in [0.29, 0.717) is 6.04 Å². The standard InChI is InChI=1S/C15H28FN/c1-11(16)12-8-9-17(15(5,6)7)13(10-12)14(2,3)4/h13H,8-10H2,1-7H3/b12-11-. The molecule has 0 aromatic rings. The predicted molar refractivity (Wildman–Crippen MR) is 72.7 cm³/mol. The lowest BCUT2D eigenvalue weighted by atomic mass is 9.77. The molecule has 100 valence electrons. The summed E-state index contributed by atoms with van der Waals surface area (Å²) in [5.41, 5.74) is 1.37. The lowest BCUT2D eigenvalue weighted by Gasteiger charge is -2.50. The van der Waals surface area contributed by atoms with Crippen LogP contribution in [0.1, 0.15) is 61.3 Å². The number of nitrogens with zero attached hydrogens (tertiary/aromatic N) is 1. The Kier molecular flexibility index (Phi) is 4.08. The van der Waals surface area contributed by atoms with Gasteiger partial charge in [0.1, 0.15) is 0 Å². The summed E-state index contributed by atoms with van der Waals surface area (Å²) in [4.78, 5) is 2.54. The molecule has 1 fully saturated rings. The molecule has 0 aromatic heterocycles. The Hall–Kier alpha value is -0.370. The molecular formula is C15H28FN. The first kappa shape index (κ1) is 14.7. The van der Waals surface area contributed by atoms with Crippen LogP contribution in [0.15, 0.2) is 11.4 Å². The van der Waals surface area contributed by atoms with Gasteiger partial charge in [0.15, 0.2) is 0 Å². The second-order valence-electron chi connectivity index (χ2n) is 7.34. The second kappa shape index (κ2) is 4.72. The molecular weight excluding hydrogens is 213 g/mol. The Balaban J connectivity index is 3.01. The summed E-state index contributed by atoms with van der Waals surface area (Å²) in [5.74, 6) is 0.0350. The lowest BCUT2D eigenvalue weighted by molar-refractivity contribution is 0.00902. The predicted octanol–water partition coefficient (Wildman–Crippen LogP) is 4.54. The summed E-state index contributed by atoms with van der Waals surface area (Å²) in [6.07, 6.45) is 1.76. The summed E-state index contributed by atoms with van der Waals surface area (Å²) in [5, 5.41) is 0. The van der Waals surface area contributed by atoms with Crippen LogP contribution in [0.5, 0.6) is 0 Å². The van der Waals surface area contributed by atoms with Gasteiger partial charge in [-0.2, -0.15) is 0 Å². The first-order chi connectivity index (χ1) is 7.53. The van der Waals surface area contributed by atoms with Gasteiger partial charge >= 0.3 is 0 Å². The van der Waals surface area contributed by atoms with Gasteiger partial charge in [0.2, 0.25) is 0 Å². The zero-order valence-corrected chi connectivity index (χ0v) is 12.5. The van der Waals surface area contributed by atoms with Crippen molar-refractivity contribution in [2.24, 2.45) is 5.41 Å². The largest absolute Gasteiger partial charge is 0.294 e. The Morgan fingerprint density at radius 2 is 1.71 bits per heavy atom. The van der Waals surface area contributed by atoms with Gasteiger partial charge in [-0.25, -0.2) is 4.39 Å². The van der Waals surface area contributed by atoms with Crippen molar-refractivity contribution in [2.75, 3.05) is 6.54 Å². The third-order valence-electron chi connectivity index (χ3n) is 3.82. The second-order valence-corrected chi connectivity index (χ2v) is 7.34. The van der Waals surface area contributed by atoms with Gasteiger partial charge in [-0.05, 0) is 51.5 Å². The quantitative estimate of drug-likeness (QED) is 0.602. The zero-order chi connectivity index (χ0) is 13.4. The summed E-state index contributed by atoms with van der Waals surface area (Å²) in [6.45, 7) is 16.1. The topological polar surface area (TPSA) is 3.24 Å². The van der Waals surface area contributed by atoms with Gasteiger partial charge in [-0.15, -0.1) is 0 Å². The van der Waals surface area contributed by atoms with Crippen LogP contribution in [0, 0.1) is 5.41 Å². The fourth-order valence-corrected chi connectivity index (χ4v) is 2.75. The van der Waals surface area contributed by atoms with Crippen molar-refractivity contribution in [2.45, 2.75) is 72.9 Å². The summed E-state index contributed by atoms with van der Waals surface area (Å²) in [6, 6.07) is 0.428. The first-order valence-corrected chi connectivity index (χ1v) is 6.64. The van der Waals surface area contributed by atoms with Crippen molar-refractivity contribution >= 4 is 0 Å². The minimum absolute atomic E-state index is 0.0350. The van der Waals surface area contributed by atoms with Gasteiger partial charge in [0, 0.05) is 18.1 Å². The van der Waals surface area contributed by atoms with Gasteiger partial charge in [-0.3, -0.25) is 4.90 Å². The zero-order valence-electron chi connectivity index (χ0n) is 12.5. The van der Waals surface area contributed by atoms with E-state index in [2.05, 4.69) is 46.4 Å². The van der Waals surface area contributed by atoms with Crippen LogP contribution in [0.3, 0.4) is 0 Å². The van der Waals surface area contributed by atoms with Crippen molar-refractivity contribution in [3.8, 4) is 0 Å². The smallest absolute Gasteiger partial charge is 0.0961 e. The third-order valence-corrected chi connectivity index (χ3v) is 3.82. The lowest BCUT2D eigenvalue weighted by Crippen LogP contribution is -2.55. The normalized spacial score (nSPS) is 27.2. The van der Waals surface area contributed by atoms with Crippen LogP contribution in [0.25, 0.3) is 0 Å². The van der Waals surface area contributed by atoms with Crippen LogP contribution in [0.4, 0.5) is 4.39 Å². The van der Waals surface area contributed by atoms with Crippen molar-refractivity contribution < 1.29 is 4.39 Å². The Morgan fingerprint density at radius 1 is 1.18 bits per heavy atom. The number of rotatable bonds is 0. The number of halogens is 1. The molecule has 17 heavy (non-hydrogen) atoms. The van der Waals surface area contributed by atoms with E-state index in [1.54, 1.807) is 6.92 Å². The molecule has 1 aliphatic heterocycles. The van der Waals surface area contributed by atoms with E-state index in [9.17, 15) is 4.39 Å². The highest BCUT2D eigenvalue weighted by Crippen LogP contribution is 2.38. The van der Waals surface area contributed by atoms with Gasteiger partial charge in [0.05, 0.1) is 5.83 Å². The maximum absolute atomic E-state index is 13.4. The summed E-state index contributed by atoms with van der Waals surface area (Å²) >= 11 is 0. The van der Waals surface area contributed by atoms with Crippen molar-refractivity contribution in [1.82, 2.24) is 4.90 Å². The fraction of sp³-hybridized carbons (Fsp3) is 0.867. The molecule has 1 rings (SSSR count). The third kappa shape index (κ3) is 3.54. The van der Waals surface area contributed by atoms with Crippen LogP contribution >= 0.6 is 0 Å². The van der Waals surface area contributed by atoms with Crippen LogP contribution in [-0.4, -0.2) is 23.0 Å². The Bertz CT molecular complexity index is 300. The monoisotopic (exact) mass is 241 g/mol. The molecule has 1 atom stereocenters. The van der Waals surface area contributed by atoms with E-state index >= 15 is 0 Å². The molecule has 1 unspecified atom stereocenters. The molecule has 0 radical (unpaired) electrons. The Morgan fingerprint density at radius 3 is 2.06 bits per heavy atom. The highest BCUT2D eigenvalue weighted by Gasteiger charge is 2.39. The molecule has 0 amide bonds.